The Hall–Kier alpha value is -0.960. The second-order valence-electron chi connectivity index (χ2n) is 4.09. The molecule has 1 aromatic rings. The van der Waals surface area contributed by atoms with Crippen molar-refractivity contribution in [3.8, 4) is 0 Å². The molecule has 0 radical (unpaired) electrons. The van der Waals surface area contributed by atoms with E-state index in [4.69, 9.17) is 0 Å². The van der Waals surface area contributed by atoms with Crippen LogP contribution in [0, 0.1) is 11.6 Å². The molecule has 3 heteroatoms. The Morgan fingerprint density at radius 1 is 1.27 bits per heavy atom. The average molecular weight is 211 g/mol. The Kier molecular flexibility index (Phi) is 3.31. The van der Waals surface area contributed by atoms with Gasteiger partial charge in [-0.3, -0.25) is 0 Å². The summed E-state index contributed by atoms with van der Waals surface area (Å²) in [6.45, 7) is 0.988. The summed E-state index contributed by atoms with van der Waals surface area (Å²) in [7, 11) is 0. The van der Waals surface area contributed by atoms with E-state index in [-0.39, 0.29) is 11.6 Å². The minimum absolute atomic E-state index is 0.301. The molecular weight excluding hydrogens is 196 g/mol. The number of halogens is 2. The molecule has 1 unspecified atom stereocenters. The van der Waals surface area contributed by atoms with Crippen LogP contribution in [-0.2, 0) is 6.42 Å². The summed E-state index contributed by atoms with van der Waals surface area (Å²) in [5.74, 6) is -0.661. The van der Waals surface area contributed by atoms with Crippen LogP contribution < -0.4 is 5.32 Å². The molecule has 1 aliphatic heterocycles. The fourth-order valence-corrected chi connectivity index (χ4v) is 2.06. The van der Waals surface area contributed by atoms with Gasteiger partial charge < -0.3 is 5.32 Å². The van der Waals surface area contributed by atoms with E-state index in [2.05, 4.69) is 5.32 Å². The minimum Gasteiger partial charge on any atom is -0.314 e. The number of hydrogen-bond acceptors (Lipinski definition) is 1. The van der Waals surface area contributed by atoms with Gasteiger partial charge in [0.1, 0.15) is 11.6 Å². The highest BCUT2D eigenvalue weighted by Crippen LogP contribution is 2.16. The second kappa shape index (κ2) is 4.71. The van der Waals surface area contributed by atoms with Gasteiger partial charge in [-0.05, 0) is 49.6 Å². The highest BCUT2D eigenvalue weighted by atomic mass is 19.1. The summed E-state index contributed by atoms with van der Waals surface area (Å²) in [6, 6.07) is 3.96. The van der Waals surface area contributed by atoms with Gasteiger partial charge in [-0.1, -0.05) is 6.42 Å². The number of benzene rings is 1. The van der Waals surface area contributed by atoms with Gasteiger partial charge in [0.2, 0.25) is 0 Å². The molecule has 0 aromatic heterocycles. The highest BCUT2D eigenvalue weighted by molar-refractivity contribution is 5.19. The molecule has 15 heavy (non-hydrogen) atoms. The van der Waals surface area contributed by atoms with Crippen LogP contribution in [0.15, 0.2) is 18.2 Å². The van der Waals surface area contributed by atoms with Crippen molar-refractivity contribution < 1.29 is 8.78 Å². The van der Waals surface area contributed by atoms with Crippen molar-refractivity contribution >= 4 is 0 Å². The topological polar surface area (TPSA) is 12.0 Å². The smallest absolute Gasteiger partial charge is 0.126 e. The average Bonchev–Trinajstić information content (AvgIpc) is 2.25. The Morgan fingerprint density at radius 2 is 2.13 bits per heavy atom. The van der Waals surface area contributed by atoms with Crippen LogP contribution in [0.25, 0.3) is 0 Å². The number of hydrogen-bond donors (Lipinski definition) is 1. The standard InChI is InChI=1S/C12H15F2N/c13-10-4-5-12(14)9(7-10)8-11-3-1-2-6-15-11/h4-5,7,11,15H,1-3,6,8H2. The molecule has 1 heterocycles. The van der Waals surface area contributed by atoms with Gasteiger partial charge in [-0.15, -0.1) is 0 Å². The summed E-state index contributed by atoms with van der Waals surface area (Å²) >= 11 is 0. The molecule has 1 saturated heterocycles. The van der Waals surface area contributed by atoms with Crippen LogP contribution in [0.2, 0.25) is 0 Å². The van der Waals surface area contributed by atoms with E-state index in [0.717, 1.165) is 19.0 Å². The first-order chi connectivity index (χ1) is 7.25. The number of piperidine rings is 1. The Bertz CT molecular complexity index is 332. The molecule has 82 valence electrons. The summed E-state index contributed by atoms with van der Waals surface area (Å²) < 4.78 is 26.2. The molecule has 1 N–H and O–H groups in total. The van der Waals surface area contributed by atoms with E-state index in [0.29, 0.717) is 18.0 Å². The highest BCUT2D eigenvalue weighted by Gasteiger charge is 2.15. The van der Waals surface area contributed by atoms with Crippen molar-refractivity contribution in [3.05, 3.63) is 35.4 Å². The van der Waals surface area contributed by atoms with Gasteiger partial charge >= 0.3 is 0 Å². The fourth-order valence-electron chi connectivity index (χ4n) is 2.06. The van der Waals surface area contributed by atoms with Crippen LogP contribution in [0.1, 0.15) is 24.8 Å². The normalized spacial score (nSPS) is 21.6. The summed E-state index contributed by atoms with van der Waals surface area (Å²) in [5.41, 5.74) is 0.481. The molecule has 2 rings (SSSR count). The van der Waals surface area contributed by atoms with Gasteiger partial charge in [-0.25, -0.2) is 8.78 Å². The van der Waals surface area contributed by atoms with Crippen molar-refractivity contribution in [1.29, 1.82) is 0 Å². The summed E-state index contributed by atoms with van der Waals surface area (Å²) in [5, 5.41) is 3.33. The maximum atomic E-state index is 13.3. The molecule has 0 aliphatic carbocycles. The Morgan fingerprint density at radius 3 is 2.87 bits per heavy atom. The third kappa shape index (κ3) is 2.75. The van der Waals surface area contributed by atoms with E-state index in [1.54, 1.807) is 0 Å². The predicted molar refractivity (Wildman–Crippen MR) is 55.7 cm³/mol. The molecule has 0 amide bonds. The van der Waals surface area contributed by atoms with E-state index in [1.807, 2.05) is 0 Å². The van der Waals surface area contributed by atoms with E-state index in [1.165, 1.54) is 25.0 Å². The zero-order chi connectivity index (χ0) is 10.7. The van der Waals surface area contributed by atoms with E-state index in [9.17, 15) is 8.78 Å². The first-order valence-electron chi connectivity index (χ1n) is 5.43. The molecule has 0 bridgehead atoms. The predicted octanol–water partition coefficient (Wildman–Crippen LogP) is 2.65. The van der Waals surface area contributed by atoms with Gasteiger partial charge in [0.05, 0.1) is 0 Å². The Labute approximate surface area is 88.5 Å². The first-order valence-corrected chi connectivity index (χ1v) is 5.43. The molecular formula is C12H15F2N. The third-order valence-electron chi connectivity index (χ3n) is 2.89. The lowest BCUT2D eigenvalue weighted by molar-refractivity contribution is 0.394. The van der Waals surface area contributed by atoms with Crippen molar-refractivity contribution in [2.45, 2.75) is 31.7 Å². The third-order valence-corrected chi connectivity index (χ3v) is 2.89. The largest absolute Gasteiger partial charge is 0.314 e. The van der Waals surface area contributed by atoms with E-state index >= 15 is 0 Å². The quantitative estimate of drug-likeness (QED) is 0.793. The molecule has 1 atom stereocenters. The second-order valence-corrected chi connectivity index (χ2v) is 4.09. The molecule has 1 fully saturated rings. The SMILES string of the molecule is Fc1ccc(F)c(CC2CCCCN2)c1. The molecule has 1 aliphatic rings. The van der Waals surface area contributed by atoms with Gasteiger partial charge in [0.15, 0.2) is 0 Å². The van der Waals surface area contributed by atoms with Crippen molar-refractivity contribution in [2.75, 3.05) is 6.54 Å². The number of nitrogens with one attached hydrogen (secondary N) is 1. The fraction of sp³-hybridized carbons (Fsp3) is 0.500. The first kappa shape index (κ1) is 10.6. The number of rotatable bonds is 2. The van der Waals surface area contributed by atoms with Crippen molar-refractivity contribution in [2.24, 2.45) is 0 Å². The minimum atomic E-state index is -0.359. The lowest BCUT2D eigenvalue weighted by Gasteiger charge is -2.23. The maximum absolute atomic E-state index is 13.3. The Balaban J connectivity index is 2.05. The van der Waals surface area contributed by atoms with E-state index < -0.39 is 0 Å². The molecule has 1 aromatic carbocycles. The van der Waals surface area contributed by atoms with Gasteiger partial charge in [0.25, 0.3) is 0 Å². The van der Waals surface area contributed by atoms with Crippen molar-refractivity contribution in [3.63, 3.8) is 0 Å². The molecule has 1 nitrogen and oxygen atoms in total. The zero-order valence-electron chi connectivity index (χ0n) is 8.60. The maximum Gasteiger partial charge on any atom is 0.126 e. The molecule has 0 spiro atoms. The van der Waals surface area contributed by atoms with Gasteiger partial charge in [0, 0.05) is 6.04 Å². The van der Waals surface area contributed by atoms with Crippen LogP contribution in [0.4, 0.5) is 8.78 Å². The summed E-state index contributed by atoms with van der Waals surface area (Å²) in [6.07, 6.45) is 4.00. The lowest BCUT2D eigenvalue weighted by Crippen LogP contribution is -2.35. The summed E-state index contributed by atoms with van der Waals surface area (Å²) in [4.78, 5) is 0. The van der Waals surface area contributed by atoms with Gasteiger partial charge in [-0.2, -0.15) is 0 Å². The zero-order valence-corrected chi connectivity index (χ0v) is 8.60. The van der Waals surface area contributed by atoms with Crippen LogP contribution >= 0.6 is 0 Å². The van der Waals surface area contributed by atoms with Crippen LogP contribution in [0.3, 0.4) is 0 Å². The lowest BCUT2D eigenvalue weighted by atomic mass is 9.97. The van der Waals surface area contributed by atoms with Crippen LogP contribution in [-0.4, -0.2) is 12.6 Å². The van der Waals surface area contributed by atoms with Crippen LogP contribution in [0.5, 0.6) is 0 Å². The molecule has 0 saturated carbocycles. The van der Waals surface area contributed by atoms with Crippen molar-refractivity contribution in [1.82, 2.24) is 5.32 Å². The monoisotopic (exact) mass is 211 g/mol.